The molecule has 1 N–H and O–H groups in total. The minimum atomic E-state index is -0.741. The topological polar surface area (TPSA) is 60.9 Å². The monoisotopic (exact) mass is 282 g/mol. The molecule has 0 radical (unpaired) electrons. The highest BCUT2D eigenvalue weighted by Gasteiger charge is 2.32. The van der Waals surface area contributed by atoms with Gasteiger partial charge in [0, 0.05) is 26.2 Å². The number of carbonyl (C=O) groups is 2. The fraction of sp³-hybridized carbons (Fsp3) is 0.867. The number of aliphatic carboxylic acids is 1. The number of likely N-dealkylation sites (N-methyl/N-ethyl adjacent to an activating group) is 1. The van der Waals surface area contributed by atoms with Gasteiger partial charge in [-0.2, -0.15) is 0 Å². The predicted octanol–water partition coefficient (Wildman–Crippen LogP) is 1.43. The van der Waals surface area contributed by atoms with Crippen molar-refractivity contribution in [3.05, 3.63) is 0 Å². The van der Waals surface area contributed by atoms with E-state index in [-0.39, 0.29) is 18.2 Å². The summed E-state index contributed by atoms with van der Waals surface area (Å²) in [5.41, 5.74) is 0. The van der Waals surface area contributed by atoms with Crippen molar-refractivity contribution in [2.45, 2.75) is 45.1 Å². The molecule has 20 heavy (non-hydrogen) atoms. The third-order valence-electron chi connectivity index (χ3n) is 4.78. The second-order valence-corrected chi connectivity index (χ2v) is 6.58. The van der Waals surface area contributed by atoms with Crippen molar-refractivity contribution in [3.8, 4) is 0 Å². The smallest absolute Gasteiger partial charge is 0.303 e. The Morgan fingerprint density at radius 1 is 1.20 bits per heavy atom. The maximum Gasteiger partial charge on any atom is 0.303 e. The zero-order valence-corrected chi connectivity index (χ0v) is 12.5. The van der Waals surface area contributed by atoms with Gasteiger partial charge in [-0.1, -0.05) is 6.92 Å². The fourth-order valence-electron chi connectivity index (χ4n) is 3.32. The van der Waals surface area contributed by atoms with E-state index in [1.54, 1.807) is 0 Å². The molecule has 0 bridgehead atoms. The van der Waals surface area contributed by atoms with Gasteiger partial charge in [-0.15, -0.1) is 0 Å². The Morgan fingerprint density at radius 2 is 1.80 bits per heavy atom. The van der Waals surface area contributed by atoms with Crippen LogP contribution in [0.3, 0.4) is 0 Å². The zero-order chi connectivity index (χ0) is 14.7. The first-order valence-corrected chi connectivity index (χ1v) is 7.65. The van der Waals surface area contributed by atoms with E-state index in [1.807, 2.05) is 11.9 Å². The maximum absolute atomic E-state index is 12.2. The molecular weight excluding hydrogens is 256 g/mol. The van der Waals surface area contributed by atoms with Gasteiger partial charge in [-0.25, -0.2) is 0 Å². The van der Waals surface area contributed by atoms with E-state index >= 15 is 0 Å². The third kappa shape index (κ3) is 3.95. The van der Waals surface area contributed by atoms with Crippen LogP contribution in [0.15, 0.2) is 0 Å². The quantitative estimate of drug-likeness (QED) is 0.828. The van der Waals surface area contributed by atoms with Gasteiger partial charge in [0.1, 0.15) is 0 Å². The van der Waals surface area contributed by atoms with Crippen LogP contribution in [-0.2, 0) is 9.59 Å². The lowest BCUT2D eigenvalue weighted by Crippen LogP contribution is -2.52. The summed E-state index contributed by atoms with van der Waals surface area (Å²) in [6, 6.07) is 0.398. The van der Waals surface area contributed by atoms with E-state index < -0.39 is 5.97 Å². The van der Waals surface area contributed by atoms with Crippen LogP contribution in [0.25, 0.3) is 0 Å². The number of likely N-dealkylation sites (tertiary alicyclic amines) is 1. The summed E-state index contributed by atoms with van der Waals surface area (Å²) >= 11 is 0. The molecule has 0 atom stereocenters. The second-order valence-electron chi connectivity index (χ2n) is 6.58. The normalized spacial score (nSPS) is 27.9. The number of nitrogens with zero attached hydrogens (tertiary/aromatic N) is 2. The van der Waals surface area contributed by atoms with Crippen molar-refractivity contribution in [1.82, 2.24) is 9.80 Å². The maximum atomic E-state index is 12.2. The minimum Gasteiger partial charge on any atom is -0.481 e. The first kappa shape index (κ1) is 15.3. The Hall–Kier alpha value is -1.10. The van der Waals surface area contributed by atoms with Crippen LogP contribution in [0.1, 0.15) is 39.0 Å². The molecule has 2 rings (SSSR count). The van der Waals surface area contributed by atoms with Crippen LogP contribution < -0.4 is 0 Å². The summed E-state index contributed by atoms with van der Waals surface area (Å²) in [6.45, 7) is 4.21. The molecule has 1 saturated carbocycles. The Morgan fingerprint density at radius 3 is 2.35 bits per heavy atom. The summed E-state index contributed by atoms with van der Waals surface area (Å²) < 4.78 is 0. The van der Waals surface area contributed by atoms with E-state index in [1.165, 1.54) is 12.8 Å². The standard InChI is InChI=1S/C15H26N2O3/c1-11-3-5-13(6-4-11)16(2)14(18)10-17-8-12(9-17)7-15(19)20/h11-13H,3-10H2,1-2H3,(H,19,20). The van der Waals surface area contributed by atoms with Gasteiger partial charge in [0.15, 0.2) is 0 Å². The van der Waals surface area contributed by atoms with Crippen LogP contribution in [-0.4, -0.2) is 59.5 Å². The van der Waals surface area contributed by atoms with E-state index in [0.717, 1.165) is 31.8 Å². The van der Waals surface area contributed by atoms with Gasteiger partial charge >= 0.3 is 5.97 Å². The molecule has 0 spiro atoms. The van der Waals surface area contributed by atoms with Gasteiger partial charge in [-0.3, -0.25) is 14.5 Å². The van der Waals surface area contributed by atoms with E-state index in [9.17, 15) is 9.59 Å². The van der Waals surface area contributed by atoms with Gasteiger partial charge < -0.3 is 10.0 Å². The number of carboxylic acid groups (broad SMARTS) is 1. The fourth-order valence-corrected chi connectivity index (χ4v) is 3.32. The highest BCUT2D eigenvalue weighted by molar-refractivity contribution is 5.78. The molecule has 0 aromatic rings. The predicted molar refractivity (Wildman–Crippen MR) is 76.4 cm³/mol. The van der Waals surface area contributed by atoms with Crippen molar-refractivity contribution in [3.63, 3.8) is 0 Å². The van der Waals surface area contributed by atoms with Gasteiger partial charge in [0.05, 0.1) is 13.0 Å². The van der Waals surface area contributed by atoms with E-state index in [4.69, 9.17) is 5.11 Å². The Balaban J connectivity index is 1.69. The highest BCUT2D eigenvalue weighted by Crippen LogP contribution is 2.27. The molecule has 0 aromatic heterocycles. The van der Waals surface area contributed by atoms with Crippen LogP contribution in [0.4, 0.5) is 0 Å². The summed E-state index contributed by atoms with van der Waals surface area (Å²) in [7, 11) is 1.91. The third-order valence-corrected chi connectivity index (χ3v) is 4.78. The van der Waals surface area contributed by atoms with Crippen LogP contribution >= 0.6 is 0 Å². The molecule has 114 valence electrons. The molecule has 0 unspecified atom stereocenters. The Bertz CT molecular complexity index is 358. The second kappa shape index (κ2) is 6.57. The van der Waals surface area contributed by atoms with Crippen LogP contribution in [0, 0.1) is 11.8 Å². The molecule has 5 heteroatoms. The van der Waals surface area contributed by atoms with Gasteiger partial charge in [0.2, 0.25) is 5.91 Å². The summed E-state index contributed by atoms with van der Waals surface area (Å²) in [5, 5.41) is 8.70. The van der Waals surface area contributed by atoms with Gasteiger partial charge in [0.25, 0.3) is 0 Å². The molecule has 1 heterocycles. The first-order valence-electron chi connectivity index (χ1n) is 7.65. The Kier molecular flexibility index (Phi) is 5.02. The molecule has 1 aliphatic carbocycles. The average Bonchev–Trinajstić information content (AvgIpc) is 2.35. The highest BCUT2D eigenvalue weighted by atomic mass is 16.4. The van der Waals surface area contributed by atoms with Gasteiger partial charge in [-0.05, 0) is 37.5 Å². The van der Waals surface area contributed by atoms with Crippen molar-refractivity contribution in [2.75, 3.05) is 26.7 Å². The molecule has 1 saturated heterocycles. The molecule has 1 aliphatic heterocycles. The van der Waals surface area contributed by atoms with Crippen molar-refractivity contribution < 1.29 is 14.7 Å². The summed E-state index contributed by atoms with van der Waals surface area (Å²) in [5.74, 6) is 0.454. The number of hydrogen-bond acceptors (Lipinski definition) is 3. The van der Waals surface area contributed by atoms with Crippen molar-refractivity contribution in [2.24, 2.45) is 11.8 Å². The Labute approximate surface area is 120 Å². The molecule has 2 aliphatic rings. The lowest BCUT2D eigenvalue weighted by atomic mass is 9.86. The minimum absolute atomic E-state index is 0.179. The van der Waals surface area contributed by atoms with E-state index in [0.29, 0.717) is 12.6 Å². The zero-order valence-electron chi connectivity index (χ0n) is 12.5. The summed E-state index contributed by atoms with van der Waals surface area (Å²) in [4.78, 5) is 26.8. The number of hydrogen-bond donors (Lipinski definition) is 1. The molecular formula is C15H26N2O3. The number of amides is 1. The molecule has 0 aromatic carbocycles. The number of carboxylic acids is 1. The summed E-state index contributed by atoms with van der Waals surface area (Å²) in [6.07, 6.45) is 4.89. The number of rotatable bonds is 5. The first-order chi connectivity index (χ1) is 9.45. The van der Waals surface area contributed by atoms with Crippen molar-refractivity contribution in [1.29, 1.82) is 0 Å². The lowest BCUT2D eigenvalue weighted by Gasteiger charge is -2.40. The average molecular weight is 282 g/mol. The van der Waals surface area contributed by atoms with Crippen LogP contribution in [0.2, 0.25) is 0 Å². The van der Waals surface area contributed by atoms with Crippen molar-refractivity contribution >= 4 is 11.9 Å². The van der Waals surface area contributed by atoms with Crippen LogP contribution in [0.5, 0.6) is 0 Å². The number of carbonyl (C=O) groups excluding carboxylic acids is 1. The molecule has 5 nitrogen and oxygen atoms in total. The molecule has 1 amide bonds. The van der Waals surface area contributed by atoms with E-state index in [2.05, 4.69) is 11.8 Å². The lowest BCUT2D eigenvalue weighted by molar-refractivity contribution is -0.140. The largest absolute Gasteiger partial charge is 0.481 e. The molecule has 2 fully saturated rings. The SMILES string of the molecule is CC1CCC(N(C)C(=O)CN2CC(CC(=O)O)C2)CC1.